The molecule has 0 radical (unpaired) electrons. The summed E-state index contributed by atoms with van der Waals surface area (Å²) in [5.74, 6) is 0.238. The molecule has 0 bridgehead atoms. The molecule has 0 unspecified atom stereocenters. The van der Waals surface area contributed by atoms with Gasteiger partial charge in [0, 0.05) is 30.4 Å². The first kappa shape index (κ1) is 11.0. The largest absolute Gasteiger partial charge is 0.383 e. The quantitative estimate of drug-likeness (QED) is 0.845. The van der Waals surface area contributed by atoms with Gasteiger partial charge in [0.2, 0.25) is 5.91 Å². The van der Waals surface area contributed by atoms with Crippen LogP contribution in [0.1, 0.15) is 26.7 Å². The summed E-state index contributed by atoms with van der Waals surface area (Å²) in [6.07, 6.45) is 1.66. The van der Waals surface area contributed by atoms with Gasteiger partial charge in [-0.25, -0.2) is 0 Å². The highest BCUT2D eigenvalue weighted by Gasteiger charge is 2.21. The molecule has 0 saturated carbocycles. The maximum atomic E-state index is 11.6. The predicted molar refractivity (Wildman–Crippen MR) is 66.8 cm³/mol. The first-order chi connectivity index (χ1) is 7.66. The Balaban J connectivity index is 2.18. The number of carbonyl (C=O) groups excluding carboxylic acids is 1. The van der Waals surface area contributed by atoms with Crippen LogP contribution in [0.2, 0.25) is 0 Å². The molecule has 1 aliphatic rings. The summed E-state index contributed by atoms with van der Waals surface area (Å²) in [6.45, 7) is 5.06. The molecule has 16 heavy (non-hydrogen) atoms. The fourth-order valence-corrected chi connectivity index (χ4v) is 2.02. The molecule has 3 nitrogen and oxygen atoms in total. The third-order valence-corrected chi connectivity index (χ3v) is 2.69. The van der Waals surface area contributed by atoms with Crippen molar-refractivity contribution in [3.63, 3.8) is 0 Å². The zero-order chi connectivity index (χ0) is 11.5. The number of carbonyl (C=O) groups is 1. The lowest BCUT2D eigenvalue weighted by Crippen LogP contribution is -2.23. The van der Waals surface area contributed by atoms with Crippen molar-refractivity contribution in [2.45, 2.75) is 32.7 Å². The van der Waals surface area contributed by atoms with Gasteiger partial charge in [-0.1, -0.05) is 6.07 Å². The van der Waals surface area contributed by atoms with Crippen LogP contribution in [0.5, 0.6) is 0 Å². The van der Waals surface area contributed by atoms with Crippen LogP contribution in [0.4, 0.5) is 11.4 Å². The van der Waals surface area contributed by atoms with Gasteiger partial charge in [-0.3, -0.25) is 4.79 Å². The van der Waals surface area contributed by atoms with E-state index in [9.17, 15) is 4.79 Å². The number of benzene rings is 1. The van der Waals surface area contributed by atoms with Crippen LogP contribution in [0.15, 0.2) is 24.3 Å². The van der Waals surface area contributed by atoms with E-state index in [1.165, 1.54) is 0 Å². The zero-order valence-electron chi connectivity index (χ0n) is 9.86. The van der Waals surface area contributed by atoms with Gasteiger partial charge in [-0.2, -0.15) is 0 Å². The molecule has 2 rings (SSSR count). The molecule has 1 fully saturated rings. The van der Waals surface area contributed by atoms with Gasteiger partial charge >= 0.3 is 0 Å². The van der Waals surface area contributed by atoms with Crippen molar-refractivity contribution in [1.82, 2.24) is 0 Å². The molecule has 1 aliphatic heterocycles. The van der Waals surface area contributed by atoms with E-state index in [2.05, 4.69) is 19.2 Å². The molecule has 0 spiro atoms. The van der Waals surface area contributed by atoms with Crippen molar-refractivity contribution in [2.75, 3.05) is 16.8 Å². The minimum Gasteiger partial charge on any atom is -0.383 e. The smallest absolute Gasteiger partial charge is 0.227 e. The SMILES string of the molecule is CC(C)Nc1cccc(N2CCCC2=O)c1. The number of amides is 1. The molecule has 1 saturated heterocycles. The molecule has 1 N–H and O–H groups in total. The van der Waals surface area contributed by atoms with Crippen molar-refractivity contribution in [3.8, 4) is 0 Å². The lowest BCUT2D eigenvalue weighted by atomic mass is 10.2. The Morgan fingerprint density at radius 3 is 2.81 bits per heavy atom. The molecule has 1 aromatic rings. The molecule has 1 heterocycles. The summed E-state index contributed by atoms with van der Waals surface area (Å²) in [7, 11) is 0. The monoisotopic (exact) mass is 218 g/mol. The van der Waals surface area contributed by atoms with Crippen LogP contribution >= 0.6 is 0 Å². The second kappa shape index (κ2) is 4.56. The van der Waals surface area contributed by atoms with Crippen molar-refractivity contribution in [1.29, 1.82) is 0 Å². The Labute approximate surface area is 96.5 Å². The van der Waals surface area contributed by atoms with E-state index >= 15 is 0 Å². The van der Waals surface area contributed by atoms with Crippen LogP contribution in [-0.4, -0.2) is 18.5 Å². The van der Waals surface area contributed by atoms with Gasteiger partial charge in [0.25, 0.3) is 0 Å². The van der Waals surface area contributed by atoms with E-state index in [0.717, 1.165) is 24.3 Å². The van der Waals surface area contributed by atoms with Gasteiger partial charge in [0.1, 0.15) is 0 Å². The van der Waals surface area contributed by atoms with Gasteiger partial charge in [-0.05, 0) is 38.5 Å². The predicted octanol–water partition coefficient (Wildman–Crippen LogP) is 2.63. The van der Waals surface area contributed by atoms with Crippen molar-refractivity contribution >= 4 is 17.3 Å². The molecule has 3 heteroatoms. The lowest BCUT2D eigenvalue weighted by molar-refractivity contribution is -0.117. The van der Waals surface area contributed by atoms with Crippen LogP contribution < -0.4 is 10.2 Å². The van der Waals surface area contributed by atoms with E-state index < -0.39 is 0 Å². The molecule has 86 valence electrons. The summed E-state index contributed by atoms with van der Waals surface area (Å²) in [5, 5.41) is 3.35. The molecule has 0 aliphatic carbocycles. The minimum atomic E-state index is 0.238. The number of nitrogens with zero attached hydrogens (tertiary/aromatic N) is 1. The summed E-state index contributed by atoms with van der Waals surface area (Å²) in [4.78, 5) is 13.5. The number of nitrogens with one attached hydrogen (secondary N) is 1. The van der Waals surface area contributed by atoms with Gasteiger partial charge < -0.3 is 10.2 Å². The summed E-state index contributed by atoms with van der Waals surface area (Å²) in [5.41, 5.74) is 2.08. The molecule has 0 aromatic heterocycles. The highest BCUT2D eigenvalue weighted by atomic mass is 16.2. The topological polar surface area (TPSA) is 32.3 Å². The van der Waals surface area contributed by atoms with E-state index in [1.54, 1.807) is 0 Å². The normalized spacial score (nSPS) is 15.9. The Hall–Kier alpha value is -1.51. The number of hydrogen-bond acceptors (Lipinski definition) is 2. The maximum Gasteiger partial charge on any atom is 0.227 e. The third-order valence-electron chi connectivity index (χ3n) is 2.69. The van der Waals surface area contributed by atoms with Crippen LogP contribution in [0, 0.1) is 0 Å². The van der Waals surface area contributed by atoms with E-state index in [0.29, 0.717) is 12.5 Å². The highest BCUT2D eigenvalue weighted by molar-refractivity contribution is 5.95. The molecule has 1 aromatic carbocycles. The summed E-state index contributed by atoms with van der Waals surface area (Å²) >= 11 is 0. The van der Waals surface area contributed by atoms with Crippen molar-refractivity contribution < 1.29 is 4.79 Å². The Morgan fingerprint density at radius 1 is 1.38 bits per heavy atom. The fourth-order valence-electron chi connectivity index (χ4n) is 2.02. The van der Waals surface area contributed by atoms with E-state index in [-0.39, 0.29) is 5.91 Å². The Kier molecular flexibility index (Phi) is 3.13. The average Bonchev–Trinajstić information content (AvgIpc) is 2.64. The molecular formula is C13H18N2O. The fraction of sp³-hybridized carbons (Fsp3) is 0.462. The second-order valence-electron chi connectivity index (χ2n) is 4.50. The van der Waals surface area contributed by atoms with E-state index in [1.807, 2.05) is 29.2 Å². The minimum absolute atomic E-state index is 0.238. The lowest BCUT2D eigenvalue weighted by Gasteiger charge is -2.18. The average molecular weight is 218 g/mol. The Bertz CT molecular complexity index is 387. The van der Waals surface area contributed by atoms with Gasteiger partial charge in [0.15, 0.2) is 0 Å². The highest BCUT2D eigenvalue weighted by Crippen LogP contribution is 2.24. The first-order valence-electron chi connectivity index (χ1n) is 5.84. The standard InChI is InChI=1S/C13H18N2O/c1-10(2)14-11-5-3-6-12(9-11)15-8-4-7-13(15)16/h3,5-6,9-10,14H,4,7-8H2,1-2H3. The number of hydrogen-bond donors (Lipinski definition) is 1. The molecule has 1 amide bonds. The summed E-state index contributed by atoms with van der Waals surface area (Å²) < 4.78 is 0. The van der Waals surface area contributed by atoms with Crippen molar-refractivity contribution in [2.24, 2.45) is 0 Å². The Morgan fingerprint density at radius 2 is 2.19 bits per heavy atom. The maximum absolute atomic E-state index is 11.6. The van der Waals surface area contributed by atoms with Crippen LogP contribution in [0.25, 0.3) is 0 Å². The molecular weight excluding hydrogens is 200 g/mol. The number of rotatable bonds is 3. The van der Waals surface area contributed by atoms with Crippen LogP contribution in [-0.2, 0) is 4.79 Å². The van der Waals surface area contributed by atoms with E-state index in [4.69, 9.17) is 0 Å². The first-order valence-corrected chi connectivity index (χ1v) is 5.84. The van der Waals surface area contributed by atoms with Gasteiger partial charge in [-0.15, -0.1) is 0 Å². The summed E-state index contributed by atoms with van der Waals surface area (Å²) in [6, 6.07) is 8.47. The second-order valence-corrected chi connectivity index (χ2v) is 4.50. The number of anilines is 2. The van der Waals surface area contributed by atoms with Gasteiger partial charge in [0.05, 0.1) is 0 Å². The zero-order valence-corrected chi connectivity index (χ0v) is 9.86. The third kappa shape index (κ3) is 2.35. The molecule has 0 atom stereocenters. The van der Waals surface area contributed by atoms with Crippen molar-refractivity contribution in [3.05, 3.63) is 24.3 Å². The van der Waals surface area contributed by atoms with Crippen LogP contribution in [0.3, 0.4) is 0 Å².